The van der Waals surface area contributed by atoms with Gasteiger partial charge in [0.2, 0.25) is 16.0 Å². The van der Waals surface area contributed by atoms with E-state index >= 15 is 0 Å². The number of carbonyl (C=O) groups is 1. The Morgan fingerprint density at radius 1 is 1.28 bits per heavy atom. The number of H-pyrrole nitrogens is 1. The third kappa shape index (κ3) is 3.78. The Bertz CT molecular complexity index is 1130. The third-order valence-electron chi connectivity index (χ3n) is 4.84. The summed E-state index contributed by atoms with van der Waals surface area (Å²) in [6.07, 6.45) is 2.22. The molecule has 154 valence electrons. The molecule has 0 atom stereocenters. The predicted molar refractivity (Wildman–Crippen MR) is 108 cm³/mol. The average molecular weight is 417 g/mol. The fourth-order valence-corrected chi connectivity index (χ4v) is 4.78. The molecule has 3 aromatic rings. The van der Waals surface area contributed by atoms with Gasteiger partial charge in [0.05, 0.1) is 24.2 Å². The van der Waals surface area contributed by atoms with E-state index in [0.717, 1.165) is 17.5 Å². The summed E-state index contributed by atoms with van der Waals surface area (Å²) in [5, 5.41) is 2.80. The highest BCUT2D eigenvalue weighted by Gasteiger charge is 2.28. The zero-order valence-corrected chi connectivity index (χ0v) is 16.9. The number of ether oxygens (including phenoxy) is 1. The molecule has 0 bridgehead atoms. The number of sulfonamides is 1. The van der Waals surface area contributed by atoms with Crippen LogP contribution in [0.25, 0.3) is 11.0 Å². The number of anilines is 1. The highest BCUT2D eigenvalue weighted by atomic mass is 32.2. The topological polar surface area (TPSA) is 109 Å². The van der Waals surface area contributed by atoms with E-state index in [0.29, 0.717) is 38.8 Å². The molecule has 4 rings (SSSR count). The molecule has 9 nitrogen and oxygen atoms in total. The Morgan fingerprint density at radius 3 is 2.79 bits per heavy atom. The zero-order chi connectivity index (χ0) is 20.4. The van der Waals surface area contributed by atoms with Crippen molar-refractivity contribution in [2.45, 2.75) is 24.8 Å². The first-order chi connectivity index (χ1) is 14.0. The summed E-state index contributed by atoms with van der Waals surface area (Å²) < 4.78 is 34.0. The second-order valence-electron chi connectivity index (χ2n) is 6.80. The summed E-state index contributed by atoms with van der Waals surface area (Å²) in [5.41, 5.74) is 1.89. The second-order valence-corrected chi connectivity index (χ2v) is 8.73. The number of carbonyl (C=O) groups excluding carboxylic acids is 1. The number of nitrogens with zero attached hydrogens (tertiary/aromatic N) is 3. The lowest BCUT2D eigenvalue weighted by atomic mass is 10.3. The fraction of sp³-hybridized carbons (Fsp3) is 0.368. The minimum atomic E-state index is -3.66. The molecule has 1 amide bonds. The summed E-state index contributed by atoms with van der Waals surface area (Å²) in [7, 11) is -3.66. The van der Waals surface area contributed by atoms with Crippen LogP contribution in [0, 0.1) is 0 Å². The van der Waals surface area contributed by atoms with Crippen LogP contribution >= 0.6 is 0 Å². The molecule has 0 aliphatic carbocycles. The van der Waals surface area contributed by atoms with Crippen molar-refractivity contribution >= 4 is 32.9 Å². The maximum atomic E-state index is 12.7. The van der Waals surface area contributed by atoms with Gasteiger partial charge in [-0.3, -0.25) is 10.1 Å². The van der Waals surface area contributed by atoms with Gasteiger partial charge in [-0.15, -0.1) is 0 Å². The van der Waals surface area contributed by atoms with Crippen LogP contribution in [0.3, 0.4) is 0 Å². The van der Waals surface area contributed by atoms with Crippen molar-refractivity contribution in [3.8, 4) is 0 Å². The molecular weight excluding hydrogens is 394 g/mol. The molecule has 0 radical (unpaired) electrons. The Hall–Kier alpha value is -2.69. The van der Waals surface area contributed by atoms with Crippen LogP contribution in [0.1, 0.15) is 23.8 Å². The van der Waals surface area contributed by atoms with E-state index in [9.17, 15) is 13.2 Å². The van der Waals surface area contributed by atoms with Crippen molar-refractivity contribution in [2.24, 2.45) is 0 Å². The van der Waals surface area contributed by atoms with Crippen molar-refractivity contribution in [1.82, 2.24) is 18.8 Å². The molecular formula is C19H23N5O4S. The maximum Gasteiger partial charge on any atom is 0.274 e. The Balaban J connectivity index is 1.57. The van der Waals surface area contributed by atoms with Gasteiger partial charge in [-0.1, -0.05) is 19.1 Å². The summed E-state index contributed by atoms with van der Waals surface area (Å²) in [6.45, 7) is 4.09. The molecule has 1 aliphatic rings. The maximum absolute atomic E-state index is 12.7. The van der Waals surface area contributed by atoms with Crippen LogP contribution < -0.4 is 5.32 Å². The highest BCUT2D eigenvalue weighted by Crippen LogP contribution is 2.22. The first-order valence-electron chi connectivity index (χ1n) is 9.53. The minimum absolute atomic E-state index is 0.0617. The van der Waals surface area contributed by atoms with Crippen LogP contribution in [-0.4, -0.2) is 59.5 Å². The van der Waals surface area contributed by atoms with E-state index in [1.165, 1.54) is 16.6 Å². The van der Waals surface area contributed by atoms with E-state index in [4.69, 9.17) is 4.74 Å². The van der Waals surface area contributed by atoms with Gasteiger partial charge in [-0.05, 0) is 24.6 Å². The first-order valence-corrected chi connectivity index (χ1v) is 11.0. The number of nitrogens with one attached hydrogen (secondary N) is 2. The number of amides is 1. The van der Waals surface area contributed by atoms with Gasteiger partial charge in [0.25, 0.3) is 5.91 Å². The molecule has 1 saturated heterocycles. The number of fused-ring (bicyclic) bond motifs is 1. The number of para-hydroxylation sites is 2. The monoisotopic (exact) mass is 417 g/mol. The largest absolute Gasteiger partial charge is 0.379 e. The number of aromatic nitrogens is 3. The van der Waals surface area contributed by atoms with Crippen molar-refractivity contribution in [2.75, 3.05) is 31.6 Å². The summed E-state index contributed by atoms with van der Waals surface area (Å²) in [4.78, 5) is 20.1. The minimum Gasteiger partial charge on any atom is -0.379 e. The second kappa shape index (κ2) is 7.97. The van der Waals surface area contributed by atoms with Gasteiger partial charge in [-0.2, -0.15) is 4.31 Å². The van der Waals surface area contributed by atoms with Crippen molar-refractivity contribution in [1.29, 1.82) is 0 Å². The number of imidazole rings is 1. The number of morpholine rings is 1. The predicted octanol–water partition coefficient (Wildman–Crippen LogP) is 2.05. The van der Waals surface area contributed by atoms with Gasteiger partial charge >= 0.3 is 0 Å². The van der Waals surface area contributed by atoms with Crippen LogP contribution in [0.4, 0.5) is 5.95 Å². The van der Waals surface area contributed by atoms with Crippen LogP contribution in [-0.2, 0) is 21.3 Å². The summed E-state index contributed by atoms with van der Waals surface area (Å²) >= 11 is 0. The molecule has 3 heterocycles. The van der Waals surface area contributed by atoms with E-state index in [1.54, 1.807) is 0 Å². The molecule has 1 fully saturated rings. The Labute approximate surface area is 168 Å². The molecule has 1 aliphatic heterocycles. The molecule has 10 heteroatoms. The van der Waals surface area contributed by atoms with Gasteiger partial charge < -0.3 is 14.3 Å². The van der Waals surface area contributed by atoms with Gasteiger partial charge in [0.15, 0.2) is 0 Å². The zero-order valence-electron chi connectivity index (χ0n) is 16.1. The Morgan fingerprint density at radius 2 is 2.03 bits per heavy atom. The lowest BCUT2D eigenvalue weighted by molar-refractivity contribution is 0.0730. The van der Waals surface area contributed by atoms with Gasteiger partial charge in [-0.25, -0.2) is 13.4 Å². The SMILES string of the molecule is CCCn1c(NC(=O)c2cc(S(=O)(=O)N3CCOCC3)c[nH]2)nc2ccccc21. The molecule has 29 heavy (non-hydrogen) atoms. The smallest absolute Gasteiger partial charge is 0.274 e. The number of rotatable bonds is 6. The van der Waals surface area contributed by atoms with E-state index in [2.05, 4.69) is 15.3 Å². The average Bonchev–Trinajstić information content (AvgIpc) is 3.35. The lowest BCUT2D eigenvalue weighted by Gasteiger charge is -2.25. The van der Waals surface area contributed by atoms with E-state index in [1.807, 2.05) is 35.8 Å². The normalized spacial score (nSPS) is 15.6. The quantitative estimate of drug-likeness (QED) is 0.638. The molecule has 0 saturated carbocycles. The van der Waals surface area contributed by atoms with Crippen LogP contribution in [0.5, 0.6) is 0 Å². The fourth-order valence-electron chi connectivity index (χ4n) is 3.38. The lowest BCUT2D eigenvalue weighted by Crippen LogP contribution is -2.40. The van der Waals surface area contributed by atoms with E-state index in [-0.39, 0.29) is 10.6 Å². The van der Waals surface area contributed by atoms with Gasteiger partial charge in [0.1, 0.15) is 10.6 Å². The van der Waals surface area contributed by atoms with Crippen LogP contribution in [0.2, 0.25) is 0 Å². The molecule has 0 unspecified atom stereocenters. The van der Waals surface area contributed by atoms with Crippen molar-refractivity contribution in [3.63, 3.8) is 0 Å². The van der Waals surface area contributed by atoms with Crippen molar-refractivity contribution < 1.29 is 17.9 Å². The number of aromatic amines is 1. The number of aryl methyl sites for hydroxylation is 1. The third-order valence-corrected chi connectivity index (χ3v) is 6.71. The molecule has 1 aromatic carbocycles. The summed E-state index contributed by atoms with van der Waals surface area (Å²) in [5.74, 6) is -0.00803. The number of hydrogen-bond donors (Lipinski definition) is 2. The molecule has 0 spiro atoms. The molecule has 2 N–H and O–H groups in total. The van der Waals surface area contributed by atoms with Crippen LogP contribution in [0.15, 0.2) is 41.4 Å². The number of benzene rings is 1. The molecule has 2 aromatic heterocycles. The summed E-state index contributed by atoms with van der Waals surface area (Å²) in [6, 6.07) is 9.02. The first kappa shape index (κ1) is 19.6. The Kier molecular flexibility index (Phi) is 5.39. The highest BCUT2D eigenvalue weighted by molar-refractivity contribution is 7.89. The van der Waals surface area contributed by atoms with E-state index < -0.39 is 15.9 Å². The number of hydrogen-bond acceptors (Lipinski definition) is 5. The standard InChI is InChI=1S/C19H23N5O4S/c1-2-7-24-17-6-4-3-5-15(17)21-19(24)22-18(25)16-12-14(13-20-16)29(26,27)23-8-10-28-11-9-23/h3-6,12-13,20H,2,7-11H2,1H3,(H,21,22,25). The van der Waals surface area contributed by atoms with Gasteiger partial charge in [0, 0.05) is 25.8 Å². The van der Waals surface area contributed by atoms with Crippen molar-refractivity contribution in [3.05, 3.63) is 42.2 Å².